The third kappa shape index (κ3) is 3.12. The van der Waals surface area contributed by atoms with Gasteiger partial charge in [-0.25, -0.2) is 0 Å². The normalized spacial score (nSPS) is 10.7. The summed E-state index contributed by atoms with van der Waals surface area (Å²) in [5.74, 6) is 0. The first-order valence-electron chi connectivity index (χ1n) is 6.57. The molecule has 3 rings (SSSR count). The molecule has 0 aliphatic rings. The molecule has 0 spiro atoms. The summed E-state index contributed by atoms with van der Waals surface area (Å²) in [7, 11) is 0. The van der Waals surface area contributed by atoms with Gasteiger partial charge in [0.25, 0.3) is 0 Å². The maximum atomic E-state index is 3.71. The maximum Gasteiger partial charge on any atom is 0.0477 e. The number of halogens is 4. The fourth-order valence-electron chi connectivity index (χ4n) is 2.36. The van der Waals surface area contributed by atoms with Gasteiger partial charge in [-0.2, -0.15) is 0 Å². The molecule has 110 valence electrons. The Hall–Kier alpha value is -0.420. The second kappa shape index (κ2) is 7.00. The summed E-state index contributed by atoms with van der Waals surface area (Å²) >= 11 is 14.5. The SMILES string of the molecule is Brc1cc(-c2ccccc2-c2ccccc2)c(Br)c(Br)c1Br. The summed E-state index contributed by atoms with van der Waals surface area (Å²) < 4.78 is 4.05. The van der Waals surface area contributed by atoms with Crippen LogP contribution >= 0.6 is 63.7 Å². The fraction of sp³-hybridized carbons (Fsp3) is 0. The van der Waals surface area contributed by atoms with Gasteiger partial charge in [0.2, 0.25) is 0 Å². The van der Waals surface area contributed by atoms with Gasteiger partial charge in [0.15, 0.2) is 0 Å². The molecule has 0 heterocycles. The third-order valence-electron chi connectivity index (χ3n) is 3.40. The van der Waals surface area contributed by atoms with Crippen molar-refractivity contribution in [3.63, 3.8) is 0 Å². The zero-order valence-corrected chi connectivity index (χ0v) is 17.6. The number of hydrogen-bond donors (Lipinski definition) is 0. The first kappa shape index (κ1) is 16.4. The van der Waals surface area contributed by atoms with Crippen LogP contribution in [0.5, 0.6) is 0 Å². The molecule has 0 radical (unpaired) electrons. The smallest absolute Gasteiger partial charge is 0.0477 e. The molecule has 0 saturated heterocycles. The Morgan fingerprint density at radius 3 is 1.77 bits per heavy atom. The summed E-state index contributed by atoms with van der Waals surface area (Å²) in [6.07, 6.45) is 0. The molecule has 22 heavy (non-hydrogen) atoms. The predicted octanol–water partition coefficient (Wildman–Crippen LogP) is 8.07. The van der Waals surface area contributed by atoms with Crippen LogP contribution < -0.4 is 0 Å². The van der Waals surface area contributed by atoms with Crippen molar-refractivity contribution in [3.05, 3.63) is 78.6 Å². The number of rotatable bonds is 2. The van der Waals surface area contributed by atoms with Gasteiger partial charge in [-0.05, 0) is 92.0 Å². The Kier molecular flexibility index (Phi) is 5.23. The van der Waals surface area contributed by atoms with E-state index < -0.39 is 0 Å². The van der Waals surface area contributed by atoms with Crippen molar-refractivity contribution in [2.24, 2.45) is 0 Å². The zero-order valence-electron chi connectivity index (χ0n) is 11.3. The van der Waals surface area contributed by atoms with Crippen LogP contribution in [0, 0.1) is 0 Å². The average Bonchev–Trinajstić information content (AvgIpc) is 2.57. The molecule has 0 nitrogen and oxygen atoms in total. The largest absolute Gasteiger partial charge is 0.0622 e. The van der Waals surface area contributed by atoms with E-state index in [4.69, 9.17) is 0 Å². The molecule has 4 heteroatoms. The van der Waals surface area contributed by atoms with E-state index in [1.54, 1.807) is 0 Å². The van der Waals surface area contributed by atoms with Crippen molar-refractivity contribution >= 4 is 63.7 Å². The zero-order chi connectivity index (χ0) is 15.7. The van der Waals surface area contributed by atoms with Crippen LogP contribution in [0.3, 0.4) is 0 Å². The summed E-state index contributed by atoms with van der Waals surface area (Å²) in [6, 6.07) is 21.0. The van der Waals surface area contributed by atoms with Crippen molar-refractivity contribution in [1.82, 2.24) is 0 Å². The lowest BCUT2D eigenvalue weighted by Gasteiger charge is -2.14. The minimum atomic E-state index is 1.000. The number of hydrogen-bond acceptors (Lipinski definition) is 0. The van der Waals surface area contributed by atoms with Crippen molar-refractivity contribution in [2.45, 2.75) is 0 Å². The predicted molar refractivity (Wildman–Crippen MR) is 108 cm³/mol. The van der Waals surface area contributed by atoms with Gasteiger partial charge in [0, 0.05) is 17.9 Å². The van der Waals surface area contributed by atoms with Gasteiger partial charge in [0.1, 0.15) is 0 Å². The van der Waals surface area contributed by atoms with E-state index in [9.17, 15) is 0 Å². The standard InChI is InChI=1S/C18H10Br4/c19-15-10-14(16(20)18(22)17(15)21)13-9-5-4-8-12(13)11-6-2-1-3-7-11/h1-10H. The van der Waals surface area contributed by atoms with Crippen molar-refractivity contribution in [3.8, 4) is 22.3 Å². The van der Waals surface area contributed by atoms with Crippen LogP contribution in [0.2, 0.25) is 0 Å². The molecule has 0 saturated carbocycles. The van der Waals surface area contributed by atoms with Gasteiger partial charge in [0.05, 0.1) is 0 Å². The van der Waals surface area contributed by atoms with Crippen LogP contribution in [-0.4, -0.2) is 0 Å². The van der Waals surface area contributed by atoms with E-state index in [-0.39, 0.29) is 0 Å². The highest BCUT2D eigenvalue weighted by molar-refractivity contribution is 9.15. The van der Waals surface area contributed by atoms with Crippen molar-refractivity contribution in [1.29, 1.82) is 0 Å². The van der Waals surface area contributed by atoms with E-state index >= 15 is 0 Å². The third-order valence-corrected chi connectivity index (χ3v) is 8.07. The summed E-state index contributed by atoms with van der Waals surface area (Å²) in [6.45, 7) is 0. The molecule has 0 unspecified atom stereocenters. The lowest BCUT2D eigenvalue weighted by atomic mass is 9.95. The Labute approximate surface area is 163 Å². The molecule has 3 aromatic rings. The Balaban J connectivity index is 2.27. The highest BCUT2D eigenvalue weighted by Crippen LogP contribution is 2.45. The minimum absolute atomic E-state index is 1.000. The van der Waals surface area contributed by atoms with Crippen LogP contribution in [0.15, 0.2) is 78.6 Å². The van der Waals surface area contributed by atoms with E-state index in [2.05, 4.69) is 118 Å². The van der Waals surface area contributed by atoms with Crippen LogP contribution in [-0.2, 0) is 0 Å². The summed E-state index contributed by atoms with van der Waals surface area (Å²) in [5.41, 5.74) is 4.75. The minimum Gasteiger partial charge on any atom is -0.0622 e. The van der Waals surface area contributed by atoms with Gasteiger partial charge in [-0.1, -0.05) is 54.6 Å². The molecule has 0 amide bonds. The monoisotopic (exact) mass is 542 g/mol. The van der Waals surface area contributed by atoms with Crippen molar-refractivity contribution < 1.29 is 0 Å². The van der Waals surface area contributed by atoms with Gasteiger partial charge in [-0.3, -0.25) is 0 Å². The molecular formula is C18H10Br4. The molecule has 0 aliphatic heterocycles. The fourth-order valence-corrected chi connectivity index (χ4v) is 4.58. The van der Waals surface area contributed by atoms with Crippen LogP contribution in [0.1, 0.15) is 0 Å². The Bertz CT molecular complexity index is 826. The summed E-state index contributed by atoms with van der Waals surface area (Å²) in [4.78, 5) is 0. The maximum absolute atomic E-state index is 3.71. The quantitative estimate of drug-likeness (QED) is 0.226. The molecule has 0 atom stereocenters. The lowest BCUT2D eigenvalue weighted by molar-refractivity contribution is 1.47. The van der Waals surface area contributed by atoms with Crippen molar-refractivity contribution in [2.75, 3.05) is 0 Å². The van der Waals surface area contributed by atoms with E-state index in [1.165, 1.54) is 16.7 Å². The Morgan fingerprint density at radius 2 is 1.09 bits per heavy atom. The molecule has 3 aromatic carbocycles. The summed E-state index contributed by atoms with van der Waals surface area (Å²) in [5, 5.41) is 0. The molecule has 0 aliphatic carbocycles. The lowest BCUT2D eigenvalue weighted by Crippen LogP contribution is -1.88. The first-order chi connectivity index (χ1) is 10.6. The molecule has 0 bridgehead atoms. The average molecular weight is 546 g/mol. The van der Waals surface area contributed by atoms with Gasteiger partial charge >= 0.3 is 0 Å². The molecule has 0 N–H and O–H groups in total. The molecular weight excluding hydrogens is 536 g/mol. The van der Waals surface area contributed by atoms with Crippen LogP contribution in [0.25, 0.3) is 22.3 Å². The highest BCUT2D eigenvalue weighted by atomic mass is 79.9. The molecule has 0 aromatic heterocycles. The van der Waals surface area contributed by atoms with Crippen LogP contribution in [0.4, 0.5) is 0 Å². The van der Waals surface area contributed by atoms with Gasteiger partial charge in [-0.15, -0.1) is 0 Å². The molecule has 0 fully saturated rings. The van der Waals surface area contributed by atoms with E-state index in [0.717, 1.165) is 23.5 Å². The second-order valence-corrected chi connectivity index (χ2v) is 7.99. The van der Waals surface area contributed by atoms with Gasteiger partial charge < -0.3 is 0 Å². The topological polar surface area (TPSA) is 0 Å². The van der Waals surface area contributed by atoms with E-state index in [0.29, 0.717) is 0 Å². The first-order valence-corrected chi connectivity index (χ1v) is 9.74. The Morgan fingerprint density at radius 1 is 0.500 bits per heavy atom. The van der Waals surface area contributed by atoms with E-state index in [1.807, 2.05) is 6.07 Å². The second-order valence-electron chi connectivity index (χ2n) is 4.76. The highest BCUT2D eigenvalue weighted by Gasteiger charge is 2.15. The number of benzene rings is 3.